The van der Waals surface area contributed by atoms with Crippen LogP contribution in [0.1, 0.15) is 18.9 Å². The number of benzene rings is 2. The molecule has 0 amide bonds. The highest BCUT2D eigenvalue weighted by molar-refractivity contribution is 5.97. The van der Waals surface area contributed by atoms with E-state index in [-0.39, 0.29) is 6.04 Å². The summed E-state index contributed by atoms with van der Waals surface area (Å²) in [6.45, 7) is 2.80. The van der Waals surface area contributed by atoms with Crippen LogP contribution < -0.4 is 5.32 Å². The summed E-state index contributed by atoms with van der Waals surface area (Å²) < 4.78 is 5.21. The normalized spacial score (nSPS) is 12.1. The van der Waals surface area contributed by atoms with Crippen molar-refractivity contribution in [3.8, 4) is 6.07 Å². The fourth-order valence-corrected chi connectivity index (χ4v) is 2.21. The van der Waals surface area contributed by atoms with Crippen LogP contribution in [0.5, 0.6) is 0 Å². The molecular formula is C16H18N2O. The van der Waals surface area contributed by atoms with E-state index in [9.17, 15) is 0 Å². The van der Waals surface area contributed by atoms with Gasteiger partial charge in [0.2, 0.25) is 0 Å². The van der Waals surface area contributed by atoms with Crippen LogP contribution in [-0.2, 0) is 4.74 Å². The summed E-state index contributed by atoms with van der Waals surface area (Å²) in [5.41, 5.74) is 1.76. The second kappa shape index (κ2) is 6.21. The Balaban J connectivity index is 2.42. The fraction of sp³-hybridized carbons (Fsp3) is 0.312. The Morgan fingerprint density at radius 2 is 1.95 bits per heavy atom. The molecule has 98 valence electrons. The Hall–Kier alpha value is -2.05. The van der Waals surface area contributed by atoms with E-state index in [1.165, 1.54) is 0 Å². The van der Waals surface area contributed by atoms with Gasteiger partial charge in [-0.1, -0.05) is 31.2 Å². The molecule has 0 spiro atoms. The van der Waals surface area contributed by atoms with E-state index < -0.39 is 0 Å². The second-order valence-electron chi connectivity index (χ2n) is 4.52. The topological polar surface area (TPSA) is 45.0 Å². The highest BCUT2D eigenvalue weighted by atomic mass is 16.5. The largest absolute Gasteiger partial charge is 0.383 e. The first-order valence-electron chi connectivity index (χ1n) is 6.47. The van der Waals surface area contributed by atoms with Crippen LogP contribution in [0.3, 0.4) is 0 Å². The van der Waals surface area contributed by atoms with E-state index in [1.54, 1.807) is 7.11 Å². The minimum absolute atomic E-state index is 0.279. The van der Waals surface area contributed by atoms with Crippen LogP contribution in [0.4, 0.5) is 5.69 Å². The predicted octanol–water partition coefficient (Wildman–Crippen LogP) is 3.55. The molecule has 0 fully saturated rings. The maximum atomic E-state index is 9.15. The Morgan fingerprint density at radius 1 is 1.21 bits per heavy atom. The van der Waals surface area contributed by atoms with E-state index in [1.807, 2.05) is 36.4 Å². The van der Waals surface area contributed by atoms with E-state index >= 15 is 0 Å². The summed E-state index contributed by atoms with van der Waals surface area (Å²) >= 11 is 0. The summed E-state index contributed by atoms with van der Waals surface area (Å²) in [5, 5.41) is 14.7. The summed E-state index contributed by atoms with van der Waals surface area (Å²) in [6.07, 6.45) is 0.988. The first-order valence-corrected chi connectivity index (χ1v) is 6.47. The molecule has 0 aliphatic carbocycles. The number of hydrogen-bond donors (Lipinski definition) is 1. The lowest BCUT2D eigenvalue weighted by molar-refractivity contribution is 0.184. The second-order valence-corrected chi connectivity index (χ2v) is 4.52. The molecule has 0 saturated heterocycles. The van der Waals surface area contributed by atoms with Gasteiger partial charge in [0, 0.05) is 29.6 Å². The lowest BCUT2D eigenvalue weighted by atomic mass is 10.0. The van der Waals surface area contributed by atoms with Crippen molar-refractivity contribution in [2.75, 3.05) is 19.0 Å². The van der Waals surface area contributed by atoms with Crippen molar-refractivity contribution in [2.45, 2.75) is 19.4 Å². The molecule has 3 heteroatoms. The molecule has 3 nitrogen and oxygen atoms in total. The van der Waals surface area contributed by atoms with Gasteiger partial charge in [0.1, 0.15) is 0 Å². The Labute approximate surface area is 113 Å². The average molecular weight is 254 g/mol. The Kier molecular flexibility index (Phi) is 4.38. The SMILES string of the molecule is CCC(COC)Nc1ccc(C#N)c2ccccc12. The lowest BCUT2D eigenvalue weighted by Gasteiger charge is -2.19. The minimum Gasteiger partial charge on any atom is -0.383 e. The highest BCUT2D eigenvalue weighted by Crippen LogP contribution is 2.27. The van der Waals surface area contributed by atoms with Crippen LogP contribution in [-0.4, -0.2) is 19.8 Å². The van der Waals surface area contributed by atoms with Gasteiger partial charge in [0.05, 0.1) is 18.2 Å². The fourth-order valence-electron chi connectivity index (χ4n) is 2.21. The molecule has 2 rings (SSSR count). The standard InChI is InChI=1S/C16H18N2O/c1-3-13(11-19-2)18-16-9-8-12(10-17)14-6-4-5-7-15(14)16/h4-9,13,18H,3,11H2,1-2H3. The highest BCUT2D eigenvalue weighted by Gasteiger charge is 2.09. The van der Waals surface area contributed by atoms with Gasteiger partial charge in [-0.3, -0.25) is 0 Å². The molecule has 0 bridgehead atoms. The summed E-state index contributed by atoms with van der Waals surface area (Å²) in [4.78, 5) is 0. The zero-order chi connectivity index (χ0) is 13.7. The molecular weight excluding hydrogens is 236 g/mol. The van der Waals surface area contributed by atoms with Crippen molar-refractivity contribution in [2.24, 2.45) is 0 Å². The minimum atomic E-state index is 0.279. The molecule has 0 aliphatic heterocycles. The van der Waals surface area contributed by atoms with Crippen LogP contribution >= 0.6 is 0 Å². The summed E-state index contributed by atoms with van der Waals surface area (Å²) in [5.74, 6) is 0. The van der Waals surface area contributed by atoms with Crippen molar-refractivity contribution in [3.05, 3.63) is 42.0 Å². The quantitative estimate of drug-likeness (QED) is 0.887. The van der Waals surface area contributed by atoms with Gasteiger partial charge >= 0.3 is 0 Å². The monoisotopic (exact) mass is 254 g/mol. The first-order chi connectivity index (χ1) is 9.30. The average Bonchev–Trinajstić information content (AvgIpc) is 2.47. The molecule has 0 radical (unpaired) electrons. The van der Waals surface area contributed by atoms with Crippen molar-refractivity contribution >= 4 is 16.5 Å². The van der Waals surface area contributed by atoms with E-state index in [0.29, 0.717) is 12.2 Å². The molecule has 19 heavy (non-hydrogen) atoms. The number of nitrogens with one attached hydrogen (secondary N) is 1. The number of ether oxygens (including phenoxy) is 1. The summed E-state index contributed by atoms with van der Waals surface area (Å²) in [6, 6.07) is 14.3. The van der Waals surface area contributed by atoms with Crippen molar-refractivity contribution in [1.82, 2.24) is 0 Å². The molecule has 1 N–H and O–H groups in total. The van der Waals surface area contributed by atoms with Crippen LogP contribution in [0.15, 0.2) is 36.4 Å². The van der Waals surface area contributed by atoms with Gasteiger partial charge in [-0.15, -0.1) is 0 Å². The smallest absolute Gasteiger partial charge is 0.0998 e. The molecule has 2 aromatic carbocycles. The van der Waals surface area contributed by atoms with Crippen molar-refractivity contribution in [1.29, 1.82) is 5.26 Å². The Morgan fingerprint density at radius 3 is 2.58 bits per heavy atom. The molecule has 0 aromatic heterocycles. The number of anilines is 1. The predicted molar refractivity (Wildman–Crippen MR) is 78.2 cm³/mol. The van der Waals surface area contributed by atoms with Gasteiger partial charge in [-0.25, -0.2) is 0 Å². The van der Waals surface area contributed by atoms with E-state index in [2.05, 4.69) is 18.3 Å². The van der Waals surface area contributed by atoms with E-state index in [0.717, 1.165) is 22.9 Å². The third-order valence-corrected chi connectivity index (χ3v) is 3.26. The maximum absolute atomic E-state index is 9.15. The third-order valence-electron chi connectivity index (χ3n) is 3.26. The number of fused-ring (bicyclic) bond motifs is 1. The number of nitrogens with zero attached hydrogens (tertiary/aromatic N) is 1. The van der Waals surface area contributed by atoms with Gasteiger partial charge < -0.3 is 10.1 Å². The molecule has 0 aliphatic rings. The number of rotatable bonds is 5. The molecule has 0 heterocycles. The van der Waals surface area contributed by atoms with Gasteiger partial charge in [-0.05, 0) is 18.6 Å². The summed E-state index contributed by atoms with van der Waals surface area (Å²) in [7, 11) is 1.71. The molecule has 1 atom stereocenters. The van der Waals surface area contributed by atoms with Crippen LogP contribution in [0.2, 0.25) is 0 Å². The third kappa shape index (κ3) is 2.86. The zero-order valence-electron chi connectivity index (χ0n) is 11.3. The zero-order valence-corrected chi connectivity index (χ0v) is 11.3. The molecule has 1 unspecified atom stereocenters. The number of hydrogen-bond acceptors (Lipinski definition) is 3. The molecule has 2 aromatic rings. The van der Waals surface area contributed by atoms with Crippen molar-refractivity contribution in [3.63, 3.8) is 0 Å². The maximum Gasteiger partial charge on any atom is 0.0998 e. The number of nitriles is 1. The van der Waals surface area contributed by atoms with E-state index in [4.69, 9.17) is 10.00 Å². The Bertz CT molecular complexity index is 601. The van der Waals surface area contributed by atoms with Gasteiger partial charge in [0.25, 0.3) is 0 Å². The van der Waals surface area contributed by atoms with Gasteiger partial charge in [-0.2, -0.15) is 5.26 Å². The van der Waals surface area contributed by atoms with Crippen LogP contribution in [0.25, 0.3) is 10.8 Å². The van der Waals surface area contributed by atoms with Crippen LogP contribution in [0, 0.1) is 11.3 Å². The van der Waals surface area contributed by atoms with Crippen molar-refractivity contribution < 1.29 is 4.74 Å². The number of methoxy groups -OCH3 is 1. The molecule has 0 saturated carbocycles. The lowest BCUT2D eigenvalue weighted by Crippen LogP contribution is -2.23. The first kappa shape index (κ1) is 13.4. The van der Waals surface area contributed by atoms with Gasteiger partial charge in [0.15, 0.2) is 0 Å².